The van der Waals surface area contributed by atoms with E-state index in [2.05, 4.69) is 4.84 Å². The first kappa shape index (κ1) is 13.9. The third-order valence-corrected chi connectivity index (χ3v) is 1.79. The summed E-state index contributed by atoms with van der Waals surface area (Å²) < 4.78 is 17.9. The van der Waals surface area contributed by atoms with Gasteiger partial charge in [0.15, 0.2) is 6.61 Å². The second-order valence-corrected chi connectivity index (χ2v) is 3.34. The van der Waals surface area contributed by atoms with Gasteiger partial charge in [-0.25, -0.2) is 9.87 Å². The molecule has 0 aliphatic rings. The highest BCUT2D eigenvalue weighted by Gasteiger charge is 2.03. The van der Waals surface area contributed by atoms with Crippen LogP contribution in [0.2, 0.25) is 0 Å². The first-order valence-electron chi connectivity index (χ1n) is 5.15. The lowest BCUT2D eigenvalue weighted by molar-refractivity contribution is -0.138. The molecule has 0 saturated heterocycles. The van der Waals surface area contributed by atoms with E-state index in [4.69, 9.17) is 10.5 Å². The van der Waals surface area contributed by atoms with Gasteiger partial charge in [0.25, 0.3) is 0 Å². The highest BCUT2D eigenvalue weighted by molar-refractivity contribution is 5.76. The van der Waals surface area contributed by atoms with Crippen LogP contribution in [0.3, 0.4) is 0 Å². The summed E-state index contributed by atoms with van der Waals surface area (Å²) in [7, 11) is 0. The molecular weight excluding hydrogens is 243 g/mol. The van der Waals surface area contributed by atoms with Crippen molar-refractivity contribution in [1.82, 2.24) is 5.48 Å². The van der Waals surface area contributed by atoms with E-state index in [0.717, 1.165) is 0 Å². The van der Waals surface area contributed by atoms with Crippen molar-refractivity contribution in [2.75, 3.05) is 13.2 Å². The van der Waals surface area contributed by atoms with Gasteiger partial charge in [0, 0.05) is 6.07 Å². The van der Waals surface area contributed by atoms with Gasteiger partial charge in [-0.3, -0.25) is 14.4 Å². The highest BCUT2D eigenvalue weighted by Crippen LogP contribution is 2.11. The second kappa shape index (κ2) is 7.23. The Morgan fingerprint density at radius 1 is 1.39 bits per heavy atom. The smallest absolute Gasteiger partial charge is 0.246 e. The molecule has 1 aromatic carbocycles. The van der Waals surface area contributed by atoms with Gasteiger partial charge in [0.05, 0.1) is 13.0 Å². The molecule has 7 heteroatoms. The average molecular weight is 256 g/mol. The van der Waals surface area contributed by atoms with Gasteiger partial charge >= 0.3 is 0 Å². The van der Waals surface area contributed by atoms with Crippen LogP contribution in [0.15, 0.2) is 24.3 Å². The number of carbonyl (C=O) groups excluding carboxylic acids is 2. The number of primary amides is 1. The topological polar surface area (TPSA) is 90.7 Å². The molecule has 0 atom stereocenters. The number of hydrogen-bond donors (Lipinski definition) is 2. The number of hydrogen-bond acceptors (Lipinski definition) is 4. The normalized spacial score (nSPS) is 9.83. The maximum atomic E-state index is 12.8. The zero-order valence-electron chi connectivity index (χ0n) is 9.52. The monoisotopic (exact) mass is 256 g/mol. The molecule has 0 unspecified atom stereocenters. The van der Waals surface area contributed by atoms with Gasteiger partial charge in [0.1, 0.15) is 11.6 Å². The summed E-state index contributed by atoms with van der Waals surface area (Å²) in [4.78, 5) is 25.9. The molecule has 0 fully saturated rings. The van der Waals surface area contributed by atoms with Crippen LogP contribution in [0.4, 0.5) is 4.39 Å². The molecule has 18 heavy (non-hydrogen) atoms. The Morgan fingerprint density at radius 2 is 2.17 bits per heavy atom. The lowest BCUT2D eigenvalue weighted by atomic mass is 10.3. The molecule has 0 aliphatic heterocycles. The Morgan fingerprint density at radius 3 is 2.83 bits per heavy atom. The van der Waals surface area contributed by atoms with Gasteiger partial charge in [-0.1, -0.05) is 6.07 Å². The molecule has 2 amide bonds. The number of nitrogens with one attached hydrogen (secondary N) is 1. The van der Waals surface area contributed by atoms with E-state index in [0.29, 0.717) is 5.75 Å². The van der Waals surface area contributed by atoms with Crippen LogP contribution in [-0.4, -0.2) is 25.0 Å². The second-order valence-electron chi connectivity index (χ2n) is 3.34. The molecule has 0 aliphatic carbocycles. The fraction of sp³-hybridized carbons (Fsp3) is 0.273. The van der Waals surface area contributed by atoms with Gasteiger partial charge in [-0.05, 0) is 12.1 Å². The Labute approximate surface area is 103 Å². The standard InChI is InChI=1S/C11H13FN2O4/c12-8-2-1-3-9(6-8)17-5-4-11(16)14-18-7-10(13)15/h1-3,6H,4-5,7H2,(H2,13,15)(H,14,16). The molecular formula is C11H13FN2O4. The Balaban J connectivity index is 2.17. The molecule has 0 aromatic heterocycles. The van der Waals surface area contributed by atoms with Crippen LogP contribution >= 0.6 is 0 Å². The maximum Gasteiger partial charge on any atom is 0.246 e. The third-order valence-electron chi connectivity index (χ3n) is 1.79. The van der Waals surface area contributed by atoms with E-state index in [1.54, 1.807) is 6.07 Å². The molecule has 6 nitrogen and oxygen atoms in total. The van der Waals surface area contributed by atoms with Crippen LogP contribution in [0.25, 0.3) is 0 Å². The van der Waals surface area contributed by atoms with Crippen molar-refractivity contribution in [2.24, 2.45) is 5.73 Å². The summed E-state index contributed by atoms with van der Waals surface area (Å²) in [6.07, 6.45) is 0.00920. The number of carbonyl (C=O) groups is 2. The minimum Gasteiger partial charge on any atom is -0.493 e. The molecule has 98 valence electrons. The number of ether oxygens (including phenoxy) is 1. The zero-order chi connectivity index (χ0) is 13.4. The highest BCUT2D eigenvalue weighted by atomic mass is 19.1. The van der Waals surface area contributed by atoms with Crippen molar-refractivity contribution in [1.29, 1.82) is 0 Å². The molecule has 0 bridgehead atoms. The zero-order valence-corrected chi connectivity index (χ0v) is 9.52. The minimum absolute atomic E-state index is 0.00920. The van der Waals surface area contributed by atoms with E-state index < -0.39 is 24.2 Å². The van der Waals surface area contributed by atoms with Crippen molar-refractivity contribution < 1.29 is 23.6 Å². The summed E-state index contributed by atoms with van der Waals surface area (Å²) in [5.41, 5.74) is 6.81. The summed E-state index contributed by atoms with van der Waals surface area (Å²) in [5, 5.41) is 0. The lowest BCUT2D eigenvalue weighted by Gasteiger charge is -2.06. The number of benzene rings is 1. The lowest BCUT2D eigenvalue weighted by Crippen LogP contribution is -2.30. The largest absolute Gasteiger partial charge is 0.493 e. The van der Waals surface area contributed by atoms with Crippen LogP contribution in [0.5, 0.6) is 5.75 Å². The van der Waals surface area contributed by atoms with E-state index in [1.165, 1.54) is 18.2 Å². The van der Waals surface area contributed by atoms with Gasteiger partial charge in [0.2, 0.25) is 11.8 Å². The van der Waals surface area contributed by atoms with Gasteiger partial charge in [-0.2, -0.15) is 0 Å². The van der Waals surface area contributed by atoms with Crippen LogP contribution in [-0.2, 0) is 14.4 Å². The van der Waals surface area contributed by atoms with Crippen molar-refractivity contribution in [2.45, 2.75) is 6.42 Å². The first-order valence-corrected chi connectivity index (χ1v) is 5.15. The summed E-state index contributed by atoms with van der Waals surface area (Å²) in [6.45, 7) is -0.328. The molecule has 1 aromatic rings. The van der Waals surface area contributed by atoms with Crippen molar-refractivity contribution in [3.63, 3.8) is 0 Å². The summed E-state index contributed by atoms with van der Waals surface area (Å²) in [5.74, 6) is -1.23. The number of hydroxylamine groups is 1. The molecule has 1 rings (SSSR count). The van der Waals surface area contributed by atoms with Crippen molar-refractivity contribution >= 4 is 11.8 Å². The van der Waals surface area contributed by atoms with Gasteiger partial charge in [-0.15, -0.1) is 0 Å². The number of rotatable bonds is 7. The molecule has 0 radical (unpaired) electrons. The van der Waals surface area contributed by atoms with Crippen LogP contribution in [0.1, 0.15) is 6.42 Å². The van der Waals surface area contributed by atoms with Gasteiger partial charge < -0.3 is 10.5 Å². The van der Waals surface area contributed by atoms with E-state index in [1.807, 2.05) is 5.48 Å². The summed E-state index contributed by atoms with van der Waals surface area (Å²) in [6, 6.07) is 5.57. The van der Waals surface area contributed by atoms with E-state index in [9.17, 15) is 14.0 Å². The number of amides is 2. The van der Waals surface area contributed by atoms with E-state index in [-0.39, 0.29) is 13.0 Å². The van der Waals surface area contributed by atoms with Crippen LogP contribution in [0, 0.1) is 5.82 Å². The maximum absolute atomic E-state index is 12.8. The third kappa shape index (κ3) is 5.80. The minimum atomic E-state index is -0.689. The number of halogens is 1. The number of nitrogens with two attached hydrogens (primary N) is 1. The molecule has 0 saturated carbocycles. The Kier molecular flexibility index (Phi) is 5.59. The Bertz CT molecular complexity index is 425. The predicted octanol–water partition coefficient (Wildman–Crippen LogP) is 0.128. The fourth-order valence-electron chi connectivity index (χ4n) is 1.06. The van der Waals surface area contributed by atoms with E-state index >= 15 is 0 Å². The first-order chi connectivity index (χ1) is 8.58. The average Bonchev–Trinajstić information content (AvgIpc) is 2.28. The van der Waals surface area contributed by atoms with Crippen molar-refractivity contribution in [3.05, 3.63) is 30.1 Å². The Hall–Kier alpha value is -2.15. The quantitative estimate of drug-likeness (QED) is 0.678. The predicted molar refractivity (Wildman–Crippen MR) is 59.8 cm³/mol. The van der Waals surface area contributed by atoms with Crippen molar-refractivity contribution in [3.8, 4) is 5.75 Å². The fourth-order valence-corrected chi connectivity index (χ4v) is 1.06. The SMILES string of the molecule is NC(=O)CONC(=O)CCOc1cccc(F)c1. The molecule has 0 spiro atoms. The molecule has 3 N–H and O–H groups in total. The van der Waals surface area contributed by atoms with Crippen LogP contribution < -0.4 is 16.0 Å². The molecule has 0 heterocycles. The summed E-state index contributed by atoms with van der Waals surface area (Å²) >= 11 is 0.